The first kappa shape index (κ1) is 22.5. The van der Waals surface area contributed by atoms with Gasteiger partial charge in [-0.1, -0.05) is 50.2 Å². The van der Waals surface area contributed by atoms with Crippen molar-refractivity contribution in [1.82, 2.24) is 5.32 Å². The molecule has 2 aliphatic rings. The molecule has 0 spiro atoms. The van der Waals surface area contributed by atoms with Gasteiger partial charge in [-0.2, -0.15) is 0 Å². The van der Waals surface area contributed by atoms with Crippen LogP contribution in [0.5, 0.6) is 11.5 Å². The van der Waals surface area contributed by atoms with E-state index in [-0.39, 0.29) is 15.6 Å². The van der Waals surface area contributed by atoms with Gasteiger partial charge in [0, 0.05) is 15.1 Å². The summed E-state index contributed by atoms with van der Waals surface area (Å²) in [4.78, 5) is 13.3. The molecule has 0 saturated heterocycles. The van der Waals surface area contributed by atoms with Crippen LogP contribution in [0.1, 0.15) is 46.2 Å². The topological polar surface area (TPSA) is 59.6 Å². The van der Waals surface area contributed by atoms with E-state index in [4.69, 9.17) is 9.47 Å². The molecular weight excluding hydrogens is 424 g/mol. The molecule has 5 rings (SSSR count). The number of aryl methyl sites for hydroxylation is 1. The molecule has 3 aromatic carbocycles. The molecular formula is C29H36N2O3. The van der Waals surface area contributed by atoms with Crippen molar-refractivity contribution >= 4 is 11.6 Å². The molecule has 5 heteroatoms. The Morgan fingerprint density at radius 1 is 1.00 bits per heavy atom. The number of carbonyl (C=O) groups is 1. The lowest BCUT2D eigenvalue weighted by atomic mass is 9.94. The molecule has 1 aliphatic carbocycles. The second-order valence-electron chi connectivity index (χ2n) is 9.86. The second-order valence-corrected chi connectivity index (χ2v) is 9.86. The van der Waals surface area contributed by atoms with Crippen molar-refractivity contribution in [3.05, 3.63) is 77.4 Å². The summed E-state index contributed by atoms with van der Waals surface area (Å²) in [5.41, 5.74) is 6.05. The van der Waals surface area contributed by atoms with Crippen LogP contribution in [0.25, 0.3) is 11.1 Å². The van der Waals surface area contributed by atoms with Gasteiger partial charge >= 0.3 is 0 Å². The Hall–Kier alpha value is -3.31. The lowest BCUT2D eigenvalue weighted by molar-refractivity contribution is -0.118. The summed E-state index contributed by atoms with van der Waals surface area (Å²) in [7, 11) is 0. The molecule has 180 valence electrons. The number of carbonyl (C=O) groups excluding carboxylic acids is 1. The van der Waals surface area contributed by atoms with Crippen molar-refractivity contribution in [2.75, 3.05) is 18.7 Å². The number of rotatable bonds is 8. The van der Waals surface area contributed by atoms with E-state index >= 15 is 0 Å². The number of benzene rings is 3. The monoisotopic (exact) mass is 460 g/mol. The maximum Gasteiger partial charge on any atom is 0.235 e. The quantitative estimate of drug-likeness (QED) is 0.414. The zero-order chi connectivity index (χ0) is 23.7. The zero-order valence-electron chi connectivity index (χ0n) is 20.1. The van der Waals surface area contributed by atoms with Gasteiger partial charge in [0.1, 0.15) is 0 Å². The van der Waals surface area contributed by atoms with Crippen molar-refractivity contribution < 1.29 is 17.1 Å². The molecule has 0 bridgehead atoms. The van der Waals surface area contributed by atoms with E-state index in [0.717, 1.165) is 59.8 Å². The first-order valence-electron chi connectivity index (χ1n) is 12.1. The van der Waals surface area contributed by atoms with Crippen molar-refractivity contribution in [3.63, 3.8) is 0 Å². The van der Waals surface area contributed by atoms with Gasteiger partial charge in [0.15, 0.2) is 11.5 Å². The van der Waals surface area contributed by atoms with Crippen LogP contribution in [0, 0.1) is 12.8 Å². The molecule has 2 N–H and O–H groups in total. The molecule has 0 atom stereocenters. The highest BCUT2D eigenvalue weighted by molar-refractivity contribution is 6.02. The Bertz CT molecular complexity index is 1210. The smallest absolute Gasteiger partial charge is 0.235 e. The Morgan fingerprint density at radius 3 is 2.50 bits per heavy atom. The van der Waals surface area contributed by atoms with E-state index in [1.54, 1.807) is 0 Å². The summed E-state index contributed by atoms with van der Waals surface area (Å²) in [6.45, 7) is 8.65. The number of amides is 1. The lowest BCUT2D eigenvalue weighted by Gasteiger charge is -2.17. The predicted molar refractivity (Wildman–Crippen MR) is 139 cm³/mol. The molecule has 1 fully saturated rings. The van der Waals surface area contributed by atoms with Crippen LogP contribution in [0.2, 0.25) is 0 Å². The van der Waals surface area contributed by atoms with E-state index in [0.29, 0.717) is 5.92 Å². The third-order valence-corrected chi connectivity index (χ3v) is 6.75. The Balaban J connectivity index is 0.00000180. The molecule has 1 amide bonds. The first-order valence-corrected chi connectivity index (χ1v) is 12.1. The minimum atomic E-state index is -0.489. The number of nitrogens with one attached hydrogen (secondary N) is 2. The predicted octanol–water partition coefficient (Wildman–Crippen LogP) is 6.30. The van der Waals surface area contributed by atoms with Gasteiger partial charge in [-0.15, -0.1) is 0 Å². The number of fused-ring (bicyclic) bond motifs is 1. The summed E-state index contributed by atoms with van der Waals surface area (Å²) in [5.74, 6) is 2.13. The average molecular weight is 461 g/mol. The van der Waals surface area contributed by atoms with Crippen molar-refractivity contribution in [2.24, 2.45) is 5.92 Å². The van der Waals surface area contributed by atoms with E-state index < -0.39 is 5.41 Å². The van der Waals surface area contributed by atoms with E-state index in [1.165, 1.54) is 11.1 Å². The summed E-state index contributed by atoms with van der Waals surface area (Å²) >= 11 is 0. The molecule has 0 radical (unpaired) electrons. The molecule has 34 heavy (non-hydrogen) atoms. The minimum Gasteiger partial charge on any atom is -0.454 e. The van der Waals surface area contributed by atoms with E-state index in [2.05, 4.69) is 67.8 Å². The van der Waals surface area contributed by atoms with Gasteiger partial charge in [-0.25, -0.2) is 0 Å². The molecule has 1 aliphatic heterocycles. The Morgan fingerprint density at radius 2 is 1.76 bits per heavy atom. The number of anilines is 1. The highest BCUT2D eigenvalue weighted by Crippen LogP contribution is 2.51. The average Bonchev–Trinajstić information content (AvgIpc) is 3.51. The third kappa shape index (κ3) is 4.53. The summed E-state index contributed by atoms with van der Waals surface area (Å²) in [6, 6.07) is 20.6. The van der Waals surface area contributed by atoms with Gasteiger partial charge in [-0.3, -0.25) is 4.79 Å². The largest absolute Gasteiger partial charge is 0.454 e. The summed E-state index contributed by atoms with van der Waals surface area (Å²) < 4.78 is 10.9. The highest BCUT2D eigenvalue weighted by Gasteiger charge is 2.51. The van der Waals surface area contributed by atoms with Crippen LogP contribution in [-0.2, 0) is 16.8 Å². The maximum atomic E-state index is 13.3. The zero-order valence-corrected chi connectivity index (χ0v) is 20.1. The second kappa shape index (κ2) is 9.15. The fourth-order valence-electron chi connectivity index (χ4n) is 4.53. The lowest BCUT2D eigenvalue weighted by Crippen LogP contribution is -2.27. The van der Waals surface area contributed by atoms with E-state index in [9.17, 15) is 4.79 Å². The molecule has 0 unspecified atom stereocenters. The molecule has 5 nitrogen and oxygen atoms in total. The van der Waals surface area contributed by atoms with E-state index in [1.807, 2.05) is 24.3 Å². The normalized spacial score (nSPS) is 15.4. The van der Waals surface area contributed by atoms with Crippen molar-refractivity contribution in [2.45, 2.75) is 45.6 Å². The molecule has 1 heterocycles. The SMILES string of the molecule is Cc1ccc(NC(=O)C2(c3ccc4c(c3)OCO4)CC2)cc1-c1ccc(CNCC(C)C)cc1.[HH].[HH]. The van der Waals surface area contributed by atoms with Crippen LogP contribution in [0.3, 0.4) is 0 Å². The first-order chi connectivity index (χ1) is 16.4. The third-order valence-electron chi connectivity index (χ3n) is 6.75. The van der Waals surface area contributed by atoms with Crippen LogP contribution < -0.4 is 20.1 Å². The maximum absolute atomic E-state index is 13.3. The highest BCUT2D eigenvalue weighted by atomic mass is 16.7. The van der Waals surface area contributed by atoms with Crippen LogP contribution in [0.15, 0.2) is 60.7 Å². The van der Waals surface area contributed by atoms with Gasteiger partial charge in [0.25, 0.3) is 0 Å². The number of ether oxygens (including phenoxy) is 2. The fraction of sp³-hybridized carbons (Fsp3) is 0.345. The van der Waals surface area contributed by atoms with Gasteiger partial charge in [0.05, 0.1) is 5.41 Å². The minimum absolute atomic E-state index is 0. The number of hydrogen-bond acceptors (Lipinski definition) is 4. The number of hydrogen-bond donors (Lipinski definition) is 2. The van der Waals surface area contributed by atoms with Crippen LogP contribution in [0.4, 0.5) is 5.69 Å². The molecule has 3 aromatic rings. The standard InChI is InChI=1S/C29H32N2O3.2H2/c1-19(2)16-30-17-21-5-7-22(8-6-21)25-15-24(10-4-20(25)3)31-28(32)29(12-13-29)23-9-11-26-27(14-23)34-18-33-26;;/h4-11,14-15,19,30H,12-13,16-18H2,1-3H3,(H,31,32);2*1H. The summed E-state index contributed by atoms with van der Waals surface area (Å²) in [6.07, 6.45) is 1.67. The van der Waals surface area contributed by atoms with Gasteiger partial charge < -0.3 is 20.1 Å². The Labute approximate surface area is 204 Å². The van der Waals surface area contributed by atoms with Crippen LogP contribution in [-0.4, -0.2) is 19.2 Å². The summed E-state index contributed by atoms with van der Waals surface area (Å²) in [5, 5.41) is 6.66. The van der Waals surface area contributed by atoms with Crippen molar-refractivity contribution in [3.8, 4) is 22.6 Å². The fourth-order valence-corrected chi connectivity index (χ4v) is 4.53. The molecule has 1 saturated carbocycles. The Kier molecular flexibility index (Phi) is 6.05. The van der Waals surface area contributed by atoms with Gasteiger partial charge in [0.2, 0.25) is 12.7 Å². The van der Waals surface area contributed by atoms with Crippen LogP contribution >= 0.6 is 0 Å². The molecule has 0 aromatic heterocycles. The van der Waals surface area contributed by atoms with Crippen molar-refractivity contribution in [1.29, 1.82) is 0 Å². The van der Waals surface area contributed by atoms with Gasteiger partial charge in [-0.05, 0) is 84.3 Å².